The Morgan fingerprint density at radius 2 is 1.62 bits per heavy atom. The van der Waals surface area contributed by atoms with Crippen LogP contribution in [0.25, 0.3) is 0 Å². The van der Waals surface area contributed by atoms with Gasteiger partial charge in [-0.3, -0.25) is 9.69 Å². The smallest absolute Gasteiger partial charge is 0.223 e. The fourth-order valence-electron chi connectivity index (χ4n) is 4.11. The van der Waals surface area contributed by atoms with Gasteiger partial charge in [-0.1, -0.05) is 6.42 Å². The highest BCUT2D eigenvalue weighted by Gasteiger charge is 2.36. The number of rotatable bonds is 3. The molecule has 122 valence electrons. The Bertz CT molecular complexity index is 364. The molecule has 1 unspecified atom stereocenters. The van der Waals surface area contributed by atoms with Crippen molar-refractivity contribution in [3.05, 3.63) is 0 Å². The summed E-state index contributed by atoms with van der Waals surface area (Å²) in [7, 11) is 0. The summed E-state index contributed by atoms with van der Waals surface area (Å²) in [6.07, 6.45) is 7.14. The van der Waals surface area contributed by atoms with E-state index in [4.69, 9.17) is 0 Å². The summed E-state index contributed by atoms with van der Waals surface area (Å²) in [6, 6.07) is 0. The number of hydrogen-bond acceptors (Lipinski definition) is 2. The molecule has 21 heavy (non-hydrogen) atoms. The number of likely N-dealkylation sites (tertiary alicyclic amines) is 2. The predicted molar refractivity (Wildman–Crippen MR) is 88.3 cm³/mol. The van der Waals surface area contributed by atoms with Crippen LogP contribution < -0.4 is 0 Å². The van der Waals surface area contributed by atoms with E-state index in [1.807, 2.05) is 0 Å². The molecule has 2 fully saturated rings. The topological polar surface area (TPSA) is 23.6 Å². The monoisotopic (exact) mass is 294 g/mol. The van der Waals surface area contributed by atoms with Gasteiger partial charge in [0, 0.05) is 24.0 Å². The Labute approximate surface area is 131 Å². The molecule has 0 aromatic carbocycles. The Kier molecular flexibility index (Phi) is 5.02. The summed E-state index contributed by atoms with van der Waals surface area (Å²) in [5.41, 5.74) is 0.222. The highest BCUT2D eigenvalue weighted by molar-refractivity contribution is 5.78. The van der Waals surface area contributed by atoms with E-state index in [1.54, 1.807) is 0 Å². The fourth-order valence-corrected chi connectivity index (χ4v) is 4.11. The van der Waals surface area contributed by atoms with Crippen LogP contribution >= 0.6 is 0 Å². The van der Waals surface area contributed by atoms with Crippen LogP contribution in [0.1, 0.15) is 73.1 Å². The lowest BCUT2D eigenvalue weighted by Gasteiger charge is -2.46. The van der Waals surface area contributed by atoms with Crippen molar-refractivity contribution in [3.8, 4) is 0 Å². The molecule has 2 rings (SSSR count). The molecule has 3 nitrogen and oxygen atoms in total. The van der Waals surface area contributed by atoms with Crippen LogP contribution in [0.5, 0.6) is 0 Å². The Hall–Kier alpha value is -0.570. The summed E-state index contributed by atoms with van der Waals surface area (Å²) in [4.78, 5) is 17.1. The first-order chi connectivity index (χ1) is 9.70. The van der Waals surface area contributed by atoms with Crippen molar-refractivity contribution in [1.82, 2.24) is 9.80 Å². The third-order valence-corrected chi connectivity index (χ3v) is 5.34. The third-order valence-electron chi connectivity index (χ3n) is 5.34. The highest BCUT2D eigenvalue weighted by atomic mass is 16.2. The van der Waals surface area contributed by atoms with Gasteiger partial charge in [0.25, 0.3) is 0 Å². The molecule has 0 spiro atoms. The van der Waals surface area contributed by atoms with Crippen molar-refractivity contribution in [2.45, 2.75) is 84.2 Å². The van der Waals surface area contributed by atoms with E-state index >= 15 is 0 Å². The lowest BCUT2D eigenvalue weighted by Crippen LogP contribution is -2.52. The van der Waals surface area contributed by atoms with Gasteiger partial charge < -0.3 is 4.90 Å². The highest BCUT2D eigenvalue weighted by Crippen LogP contribution is 2.33. The molecule has 0 aromatic heterocycles. The number of hydrogen-bond donors (Lipinski definition) is 0. The molecule has 2 heterocycles. The van der Waals surface area contributed by atoms with Gasteiger partial charge in [-0.25, -0.2) is 0 Å². The second kappa shape index (κ2) is 6.28. The minimum Gasteiger partial charge on any atom is -0.338 e. The van der Waals surface area contributed by atoms with Crippen molar-refractivity contribution >= 4 is 5.91 Å². The molecule has 0 saturated carbocycles. The lowest BCUT2D eigenvalue weighted by atomic mass is 9.81. The maximum absolute atomic E-state index is 12.4. The SMILES string of the molecule is CC(C)(C)N1CCC(CC(C)(C)N2CCCCC2)CC1=O. The summed E-state index contributed by atoms with van der Waals surface area (Å²) >= 11 is 0. The van der Waals surface area contributed by atoms with E-state index < -0.39 is 0 Å². The largest absolute Gasteiger partial charge is 0.338 e. The summed E-state index contributed by atoms with van der Waals surface area (Å²) in [5, 5.41) is 0. The quantitative estimate of drug-likeness (QED) is 0.793. The van der Waals surface area contributed by atoms with Crippen LogP contribution in [-0.2, 0) is 4.79 Å². The zero-order valence-electron chi connectivity index (χ0n) is 14.7. The van der Waals surface area contributed by atoms with Gasteiger partial charge in [-0.05, 0) is 79.3 Å². The third kappa shape index (κ3) is 4.21. The van der Waals surface area contributed by atoms with Gasteiger partial charge in [-0.2, -0.15) is 0 Å². The van der Waals surface area contributed by atoms with E-state index in [0.29, 0.717) is 11.8 Å². The number of amides is 1. The van der Waals surface area contributed by atoms with Crippen LogP contribution in [0, 0.1) is 5.92 Å². The molecule has 2 aliphatic heterocycles. The van der Waals surface area contributed by atoms with Gasteiger partial charge in [0.2, 0.25) is 5.91 Å². The van der Waals surface area contributed by atoms with Crippen LogP contribution in [0.2, 0.25) is 0 Å². The van der Waals surface area contributed by atoms with Crippen LogP contribution in [0.4, 0.5) is 0 Å². The minimum atomic E-state index is -0.0234. The van der Waals surface area contributed by atoms with Crippen LogP contribution in [0.3, 0.4) is 0 Å². The van der Waals surface area contributed by atoms with E-state index in [-0.39, 0.29) is 11.1 Å². The van der Waals surface area contributed by atoms with E-state index in [1.165, 1.54) is 38.8 Å². The van der Waals surface area contributed by atoms with Crippen molar-refractivity contribution in [3.63, 3.8) is 0 Å². The Morgan fingerprint density at radius 3 is 2.14 bits per heavy atom. The van der Waals surface area contributed by atoms with E-state index in [9.17, 15) is 4.79 Å². The molecule has 0 N–H and O–H groups in total. The van der Waals surface area contributed by atoms with Crippen molar-refractivity contribution in [2.75, 3.05) is 19.6 Å². The molecule has 1 amide bonds. The van der Waals surface area contributed by atoms with Crippen molar-refractivity contribution < 1.29 is 4.79 Å². The normalized spacial score (nSPS) is 26.2. The molecule has 2 saturated heterocycles. The number of nitrogens with zero attached hydrogens (tertiary/aromatic N) is 2. The molecule has 0 aromatic rings. The summed E-state index contributed by atoms with van der Waals surface area (Å²) < 4.78 is 0. The van der Waals surface area contributed by atoms with Gasteiger partial charge >= 0.3 is 0 Å². The Morgan fingerprint density at radius 1 is 1.00 bits per heavy atom. The minimum absolute atomic E-state index is 0.0234. The standard InChI is InChI=1S/C18H34N2O/c1-17(2,3)20-12-9-15(13-16(20)21)14-18(4,5)19-10-7-6-8-11-19/h15H,6-14H2,1-5H3. The van der Waals surface area contributed by atoms with Crippen molar-refractivity contribution in [1.29, 1.82) is 0 Å². The second-order valence-corrected chi connectivity index (χ2v) is 8.64. The first kappa shape index (κ1) is 16.8. The molecular weight excluding hydrogens is 260 g/mol. The van der Waals surface area contributed by atoms with Crippen LogP contribution in [0.15, 0.2) is 0 Å². The summed E-state index contributed by atoms with van der Waals surface area (Å²) in [6.45, 7) is 14.6. The van der Waals surface area contributed by atoms with E-state index in [0.717, 1.165) is 19.4 Å². The first-order valence-corrected chi connectivity index (χ1v) is 8.76. The zero-order valence-corrected chi connectivity index (χ0v) is 14.7. The maximum atomic E-state index is 12.4. The zero-order chi connectivity index (χ0) is 15.7. The second-order valence-electron chi connectivity index (χ2n) is 8.64. The fraction of sp³-hybridized carbons (Fsp3) is 0.944. The molecular formula is C18H34N2O. The maximum Gasteiger partial charge on any atom is 0.223 e. The molecule has 0 bridgehead atoms. The first-order valence-electron chi connectivity index (χ1n) is 8.76. The Balaban J connectivity index is 1.91. The molecule has 0 radical (unpaired) electrons. The average Bonchev–Trinajstić information content (AvgIpc) is 2.37. The van der Waals surface area contributed by atoms with E-state index in [2.05, 4.69) is 44.4 Å². The predicted octanol–water partition coefficient (Wildman–Crippen LogP) is 3.68. The van der Waals surface area contributed by atoms with Gasteiger partial charge in [-0.15, -0.1) is 0 Å². The van der Waals surface area contributed by atoms with Crippen LogP contribution in [-0.4, -0.2) is 46.4 Å². The van der Waals surface area contributed by atoms with Gasteiger partial charge in [0.05, 0.1) is 0 Å². The molecule has 3 heteroatoms. The summed E-state index contributed by atoms with van der Waals surface area (Å²) in [5.74, 6) is 0.918. The number of carbonyl (C=O) groups is 1. The molecule has 0 aliphatic carbocycles. The lowest BCUT2D eigenvalue weighted by molar-refractivity contribution is -0.140. The number of carbonyl (C=O) groups excluding carboxylic acids is 1. The average molecular weight is 294 g/mol. The van der Waals surface area contributed by atoms with Crippen molar-refractivity contribution in [2.24, 2.45) is 5.92 Å². The molecule has 2 aliphatic rings. The number of piperidine rings is 2. The van der Waals surface area contributed by atoms with Gasteiger partial charge in [0.1, 0.15) is 0 Å². The molecule has 1 atom stereocenters. The van der Waals surface area contributed by atoms with Gasteiger partial charge in [0.15, 0.2) is 0 Å².